The zero-order chi connectivity index (χ0) is 19.3. The lowest BCUT2D eigenvalue weighted by Gasteiger charge is -2.25. The smallest absolute Gasteiger partial charge is 0.256 e. The van der Waals surface area contributed by atoms with Crippen molar-refractivity contribution in [2.45, 2.75) is 25.2 Å². The summed E-state index contributed by atoms with van der Waals surface area (Å²) in [7, 11) is 1.82. The molecule has 2 amide bonds. The molecular formula is C22H24N4O2. The number of aromatic nitrogens is 1. The molecule has 1 aromatic carbocycles. The van der Waals surface area contributed by atoms with Gasteiger partial charge in [-0.1, -0.05) is 12.1 Å². The largest absolute Gasteiger partial charge is 0.361 e. The van der Waals surface area contributed by atoms with Crippen molar-refractivity contribution >= 4 is 29.2 Å². The predicted octanol–water partition coefficient (Wildman–Crippen LogP) is 2.60. The maximum atomic E-state index is 12.8. The molecule has 0 radical (unpaired) electrons. The molecule has 0 atom stereocenters. The number of carbonyl (C=O) groups excluding carboxylic acids is 2. The molecule has 1 fully saturated rings. The predicted molar refractivity (Wildman–Crippen MR) is 109 cm³/mol. The topological polar surface area (TPSA) is 77.2 Å². The molecule has 0 spiro atoms. The second kappa shape index (κ2) is 6.63. The van der Waals surface area contributed by atoms with E-state index in [0.29, 0.717) is 23.6 Å². The summed E-state index contributed by atoms with van der Waals surface area (Å²) in [6.07, 6.45) is 6.66. The molecule has 1 saturated heterocycles. The fourth-order valence-corrected chi connectivity index (χ4v) is 4.68. The quantitative estimate of drug-likeness (QED) is 0.705. The van der Waals surface area contributed by atoms with Crippen LogP contribution in [0.4, 0.5) is 5.69 Å². The molecule has 28 heavy (non-hydrogen) atoms. The van der Waals surface area contributed by atoms with Crippen molar-refractivity contribution in [3.63, 3.8) is 0 Å². The Morgan fingerprint density at radius 2 is 2.00 bits per heavy atom. The van der Waals surface area contributed by atoms with Gasteiger partial charge in [0.2, 0.25) is 0 Å². The normalized spacial score (nSPS) is 21.0. The van der Waals surface area contributed by atoms with Crippen LogP contribution in [0.15, 0.2) is 24.4 Å². The Hall–Kier alpha value is -2.86. The van der Waals surface area contributed by atoms with E-state index in [1.165, 1.54) is 5.56 Å². The molecule has 0 aliphatic carbocycles. The Bertz CT molecular complexity index is 998. The number of hydrogen-bond donors (Lipinski definition) is 3. The minimum absolute atomic E-state index is 0.0359. The van der Waals surface area contributed by atoms with Gasteiger partial charge in [-0.15, -0.1) is 0 Å². The number of nitrogens with one attached hydrogen (secondary N) is 3. The van der Waals surface area contributed by atoms with Crippen molar-refractivity contribution in [1.82, 2.24) is 15.2 Å². The first-order chi connectivity index (χ1) is 13.6. The van der Waals surface area contributed by atoms with Gasteiger partial charge in [-0.05, 0) is 61.5 Å². The lowest BCUT2D eigenvalue weighted by atomic mass is 9.84. The zero-order valence-corrected chi connectivity index (χ0v) is 16.0. The number of rotatable bonds is 2. The van der Waals surface area contributed by atoms with Crippen LogP contribution in [-0.4, -0.2) is 48.4 Å². The summed E-state index contributed by atoms with van der Waals surface area (Å²) in [6.45, 7) is 2.71. The molecule has 0 unspecified atom stereocenters. The van der Waals surface area contributed by atoms with E-state index >= 15 is 0 Å². The van der Waals surface area contributed by atoms with Crippen molar-refractivity contribution in [3.05, 3.63) is 52.3 Å². The average molecular weight is 376 g/mol. The van der Waals surface area contributed by atoms with E-state index in [1.807, 2.05) is 25.3 Å². The van der Waals surface area contributed by atoms with Gasteiger partial charge in [0.25, 0.3) is 11.8 Å². The summed E-state index contributed by atoms with van der Waals surface area (Å²) in [5.41, 5.74) is 6.46. The van der Waals surface area contributed by atoms with Gasteiger partial charge in [0.05, 0.1) is 11.1 Å². The molecule has 2 aromatic rings. The van der Waals surface area contributed by atoms with Crippen LogP contribution in [0.25, 0.3) is 11.6 Å². The van der Waals surface area contributed by atoms with Crippen LogP contribution in [0.2, 0.25) is 0 Å². The fourth-order valence-electron chi connectivity index (χ4n) is 4.68. The Kier molecular flexibility index (Phi) is 4.09. The van der Waals surface area contributed by atoms with Gasteiger partial charge in [-0.3, -0.25) is 9.59 Å². The summed E-state index contributed by atoms with van der Waals surface area (Å²) in [5, 5.41) is 6.44. The standard InChI is InChI=1S/C22H24N4O2/c1-26-10-7-15-17(22(26)28)12-24-19(15)11-16-20-14(13-5-8-23-9-6-13)3-2-4-18(20)25-21(16)27/h2-4,11-13,23-24H,5-10H2,1H3,(H,25,27). The third-order valence-corrected chi connectivity index (χ3v) is 6.22. The summed E-state index contributed by atoms with van der Waals surface area (Å²) in [5.74, 6) is 0.424. The monoisotopic (exact) mass is 376 g/mol. The van der Waals surface area contributed by atoms with E-state index < -0.39 is 0 Å². The van der Waals surface area contributed by atoms with Crippen molar-refractivity contribution in [1.29, 1.82) is 0 Å². The minimum Gasteiger partial charge on any atom is -0.361 e. The molecule has 6 nitrogen and oxygen atoms in total. The van der Waals surface area contributed by atoms with Crippen LogP contribution in [0.5, 0.6) is 0 Å². The number of likely N-dealkylation sites (N-methyl/N-ethyl adjacent to an activating group) is 1. The molecule has 3 N–H and O–H groups in total. The molecule has 1 aromatic heterocycles. The number of amides is 2. The summed E-state index contributed by atoms with van der Waals surface area (Å²) >= 11 is 0. The number of anilines is 1. The fraction of sp³-hybridized carbons (Fsp3) is 0.364. The molecule has 144 valence electrons. The Labute approximate surface area is 164 Å². The maximum absolute atomic E-state index is 12.8. The highest BCUT2D eigenvalue weighted by molar-refractivity contribution is 6.35. The highest BCUT2D eigenvalue weighted by Gasteiger charge is 2.31. The first-order valence-corrected chi connectivity index (χ1v) is 9.96. The second-order valence-electron chi connectivity index (χ2n) is 7.88. The second-order valence-corrected chi connectivity index (χ2v) is 7.88. The van der Waals surface area contributed by atoms with E-state index in [2.05, 4.69) is 21.7 Å². The Morgan fingerprint density at radius 1 is 1.18 bits per heavy atom. The number of nitrogens with zero attached hydrogens (tertiary/aromatic N) is 1. The van der Waals surface area contributed by atoms with E-state index in [-0.39, 0.29) is 11.8 Å². The molecule has 0 bridgehead atoms. The number of carbonyl (C=O) groups is 2. The lowest BCUT2D eigenvalue weighted by Crippen LogP contribution is -2.33. The van der Waals surface area contributed by atoms with E-state index in [0.717, 1.165) is 54.9 Å². The van der Waals surface area contributed by atoms with Crippen LogP contribution in [0.1, 0.15) is 51.5 Å². The number of hydrogen-bond acceptors (Lipinski definition) is 3. The SMILES string of the molecule is CN1CCc2c(c[nH]c2C=C2C(=O)Nc3cccc(C4CCNCC4)c32)C1=O. The highest BCUT2D eigenvalue weighted by Crippen LogP contribution is 2.41. The van der Waals surface area contributed by atoms with Gasteiger partial charge < -0.3 is 20.5 Å². The number of piperidine rings is 1. The minimum atomic E-state index is -0.0704. The first kappa shape index (κ1) is 17.3. The molecule has 5 rings (SSSR count). The summed E-state index contributed by atoms with van der Waals surface area (Å²) in [4.78, 5) is 30.2. The maximum Gasteiger partial charge on any atom is 0.256 e. The third kappa shape index (κ3) is 2.67. The average Bonchev–Trinajstić information content (AvgIpc) is 3.27. The highest BCUT2D eigenvalue weighted by atomic mass is 16.2. The van der Waals surface area contributed by atoms with Crippen molar-refractivity contribution < 1.29 is 9.59 Å². The number of fused-ring (bicyclic) bond motifs is 2. The van der Waals surface area contributed by atoms with Crippen LogP contribution in [0.3, 0.4) is 0 Å². The van der Waals surface area contributed by atoms with E-state index in [4.69, 9.17) is 0 Å². The molecule has 3 aliphatic heterocycles. The molecule has 4 heterocycles. The van der Waals surface area contributed by atoms with E-state index in [1.54, 1.807) is 11.1 Å². The van der Waals surface area contributed by atoms with Crippen molar-refractivity contribution in [2.24, 2.45) is 0 Å². The zero-order valence-electron chi connectivity index (χ0n) is 16.0. The van der Waals surface area contributed by atoms with Gasteiger partial charge in [-0.2, -0.15) is 0 Å². The molecule has 3 aliphatic rings. The Morgan fingerprint density at radius 3 is 2.82 bits per heavy atom. The van der Waals surface area contributed by atoms with Crippen molar-refractivity contribution in [2.75, 3.05) is 32.0 Å². The first-order valence-electron chi connectivity index (χ1n) is 9.96. The Balaban J connectivity index is 1.59. The van der Waals surface area contributed by atoms with Gasteiger partial charge in [0, 0.05) is 36.7 Å². The number of benzene rings is 1. The number of H-pyrrole nitrogens is 1. The lowest BCUT2D eigenvalue weighted by molar-refractivity contribution is -0.110. The summed E-state index contributed by atoms with van der Waals surface area (Å²) < 4.78 is 0. The number of aromatic amines is 1. The van der Waals surface area contributed by atoms with Crippen LogP contribution in [-0.2, 0) is 11.2 Å². The van der Waals surface area contributed by atoms with Gasteiger partial charge in [0.15, 0.2) is 0 Å². The van der Waals surface area contributed by atoms with Gasteiger partial charge in [-0.25, -0.2) is 0 Å². The van der Waals surface area contributed by atoms with Gasteiger partial charge >= 0.3 is 0 Å². The van der Waals surface area contributed by atoms with E-state index in [9.17, 15) is 9.59 Å². The molecule has 6 heteroatoms. The molecule has 0 saturated carbocycles. The summed E-state index contributed by atoms with van der Waals surface area (Å²) in [6, 6.07) is 6.16. The van der Waals surface area contributed by atoms with Crippen LogP contribution >= 0.6 is 0 Å². The third-order valence-electron chi connectivity index (χ3n) is 6.22. The van der Waals surface area contributed by atoms with Gasteiger partial charge in [0.1, 0.15) is 0 Å². The van der Waals surface area contributed by atoms with Crippen LogP contribution in [0, 0.1) is 0 Å². The molecular weight excluding hydrogens is 352 g/mol. The van der Waals surface area contributed by atoms with Crippen molar-refractivity contribution in [3.8, 4) is 0 Å². The van der Waals surface area contributed by atoms with Crippen LogP contribution < -0.4 is 10.6 Å².